The summed E-state index contributed by atoms with van der Waals surface area (Å²) in [5.41, 5.74) is 10.7. The Balaban J connectivity index is 2.18. The van der Waals surface area contributed by atoms with Gasteiger partial charge >= 0.3 is 11.9 Å². The van der Waals surface area contributed by atoms with Crippen molar-refractivity contribution < 1.29 is 14.3 Å². The molecule has 0 amide bonds. The van der Waals surface area contributed by atoms with Crippen LogP contribution < -0.4 is 11.5 Å². The van der Waals surface area contributed by atoms with Gasteiger partial charge in [-0.15, -0.1) is 0 Å². The highest BCUT2D eigenvalue weighted by atomic mass is 16.6. The molecule has 0 heterocycles. The van der Waals surface area contributed by atoms with Gasteiger partial charge in [-0.3, -0.25) is 9.79 Å². The van der Waals surface area contributed by atoms with Crippen LogP contribution in [-0.4, -0.2) is 24.4 Å². The number of carbonyl (C=O) groups excluding carboxylic acids is 2. The molecule has 0 aliphatic carbocycles. The van der Waals surface area contributed by atoms with Crippen LogP contribution in [0.4, 0.5) is 0 Å². The van der Waals surface area contributed by atoms with E-state index < -0.39 is 11.9 Å². The molecule has 0 spiro atoms. The Morgan fingerprint density at radius 3 is 2.40 bits per heavy atom. The van der Waals surface area contributed by atoms with Crippen LogP contribution >= 0.6 is 0 Å². The third-order valence-electron chi connectivity index (χ3n) is 2.55. The first-order chi connectivity index (χ1) is 9.59. The lowest BCUT2D eigenvalue weighted by Gasteiger charge is -2.02. The number of hydrogen-bond donors (Lipinski definition) is 2. The number of hydrogen-bond acceptors (Lipinski definition) is 4. The number of benzene rings is 1. The van der Waals surface area contributed by atoms with E-state index in [-0.39, 0.29) is 12.4 Å². The summed E-state index contributed by atoms with van der Waals surface area (Å²) < 4.78 is 4.74. The third-order valence-corrected chi connectivity index (χ3v) is 2.55. The first-order valence-corrected chi connectivity index (χ1v) is 6.45. The van der Waals surface area contributed by atoms with Crippen molar-refractivity contribution in [3.8, 4) is 0 Å². The van der Waals surface area contributed by atoms with Gasteiger partial charge in [-0.1, -0.05) is 24.6 Å². The van der Waals surface area contributed by atoms with Crippen molar-refractivity contribution in [2.45, 2.75) is 25.7 Å². The topological polar surface area (TPSA) is 108 Å². The van der Waals surface area contributed by atoms with Gasteiger partial charge in [0.25, 0.3) is 0 Å². The number of guanidine groups is 1. The summed E-state index contributed by atoms with van der Waals surface area (Å²) in [6, 6.07) is 8.42. The fraction of sp³-hybridized carbons (Fsp3) is 0.357. The Bertz CT molecular complexity index is 468. The lowest BCUT2D eigenvalue weighted by atomic mass is 10.2. The second-order valence-electron chi connectivity index (χ2n) is 4.24. The zero-order chi connectivity index (χ0) is 14.8. The summed E-state index contributed by atoms with van der Waals surface area (Å²) >= 11 is 0. The van der Waals surface area contributed by atoms with Crippen molar-refractivity contribution in [3.05, 3.63) is 35.9 Å². The van der Waals surface area contributed by atoms with Crippen LogP contribution in [0.2, 0.25) is 0 Å². The average Bonchev–Trinajstić information content (AvgIpc) is 2.43. The second-order valence-corrected chi connectivity index (χ2v) is 4.24. The van der Waals surface area contributed by atoms with Crippen molar-refractivity contribution in [1.82, 2.24) is 0 Å². The number of aliphatic imine (C=N–C) groups is 1. The molecule has 6 nitrogen and oxygen atoms in total. The SMILES string of the molecule is NC(N)=NCCCCCC(=O)OC(=O)c1ccccc1. The van der Waals surface area contributed by atoms with E-state index in [0.717, 1.165) is 12.8 Å². The van der Waals surface area contributed by atoms with Crippen LogP contribution in [0.15, 0.2) is 35.3 Å². The molecule has 0 bridgehead atoms. The van der Waals surface area contributed by atoms with Crippen LogP contribution in [0.3, 0.4) is 0 Å². The Labute approximate surface area is 117 Å². The molecule has 0 aromatic heterocycles. The summed E-state index contributed by atoms with van der Waals surface area (Å²) in [6.07, 6.45) is 2.44. The van der Waals surface area contributed by atoms with E-state index in [1.807, 2.05) is 0 Å². The molecular formula is C14H19N3O3. The molecule has 0 aliphatic rings. The van der Waals surface area contributed by atoms with Crippen molar-refractivity contribution in [2.24, 2.45) is 16.5 Å². The second kappa shape index (κ2) is 8.68. The number of carbonyl (C=O) groups is 2. The van der Waals surface area contributed by atoms with Crippen LogP contribution in [0, 0.1) is 0 Å². The third kappa shape index (κ3) is 6.53. The zero-order valence-corrected chi connectivity index (χ0v) is 11.2. The van der Waals surface area contributed by atoms with Gasteiger partial charge in [-0.2, -0.15) is 0 Å². The van der Waals surface area contributed by atoms with Crippen molar-refractivity contribution in [1.29, 1.82) is 0 Å². The fourth-order valence-corrected chi connectivity index (χ4v) is 1.55. The van der Waals surface area contributed by atoms with Gasteiger partial charge in [0.15, 0.2) is 5.96 Å². The summed E-state index contributed by atoms with van der Waals surface area (Å²) in [4.78, 5) is 26.9. The minimum absolute atomic E-state index is 0.0675. The number of nitrogens with two attached hydrogens (primary N) is 2. The Hall–Kier alpha value is -2.37. The summed E-state index contributed by atoms with van der Waals surface area (Å²) in [5, 5.41) is 0. The molecule has 0 unspecified atom stereocenters. The Morgan fingerprint density at radius 2 is 1.75 bits per heavy atom. The number of nitrogens with zero attached hydrogens (tertiary/aromatic N) is 1. The molecule has 0 atom stereocenters. The van der Waals surface area contributed by atoms with Gasteiger partial charge in [-0.05, 0) is 25.0 Å². The van der Waals surface area contributed by atoms with Gasteiger partial charge in [-0.25, -0.2) is 4.79 Å². The Kier molecular flexibility index (Phi) is 6.81. The molecule has 1 aromatic carbocycles. The van der Waals surface area contributed by atoms with Crippen LogP contribution in [0.25, 0.3) is 0 Å². The minimum Gasteiger partial charge on any atom is -0.389 e. The highest BCUT2D eigenvalue weighted by Crippen LogP contribution is 2.05. The van der Waals surface area contributed by atoms with E-state index in [4.69, 9.17) is 16.2 Å². The van der Waals surface area contributed by atoms with Gasteiger partial charge in [0.1, 0.15) is 0 Å². The first-order valence-electron chi connectivity index (χ1n) is 6.45. The zero-order valence-electron chi connectivity index (χ0n) is 11.2. The molecule has 20 heavy (non-hydrogen) atoms. The molecule has 4 N–H and O–H groups in total. The number of unbranched alkanes of at least 4 members (excludes halogenated alkanes) is 2. The summed E-state index contributed by atoms with van der Waals surface area (Å²) in [6.45, 7) is 0.542. The molecule has 0 saturated heterocycles. The normalized spacial score (nSPS) is 9.80. The predicted molar refractivity (Wildman–Crippen MR) is 76.0 cm³/mol. The fourth-order valence-electron chi connectivity index (χ4n) is 1.55. The molecule has 6 heteroatoms. The predicted octanol–water partition coefficient (Wildman–Crippen LogP) is 1.20. The van der Waals surface area contributed by atoms with Crippen molar-refractivity contribution in [2.75, 3.05) is 6.54 Å². The van der Waals surface area contributed by atoms with Gasteiger partial charge in [0.2, 0.25) is 0 Å². The highest BCUT2D eigenvalue weighted by Gasteiger charge is 2.11. The highest BCUT2D eigenvalue weighted by molar-refractivity contribution is 5.96. The molecule has 1 rings (SSSR count). The largest absolute Gasteiger partial charge is 0.389 e. The van der Waals surface area contributed by atoms with Crippen LogP contribution in [0.1, 0.15) is 36.0 Å². The maximum atomic E-state index is 11.6. The van der Waals surface area contributed by atoms with Crippen LogP contribution in [0.5, 0.6) is 0 Å². The molecule has 0 saturated carbocycles. The lowest BCUT2D eigenvalue weighted by Crippen LogP contribution is -2.22. The minimum atomic E-state index is -0.615. The standard InChI is InChI=1S/C14H19N3O3/c15-14(16)17-10-6-2-5-9-12(18)20-13(19)11-7-3-1-4-8-11/h1,3-4,7-8H,2,5-6,9-10H2,(H4,15,16,17). The Morgan fingerprint density at radius 1 is 1.05 bits per heavy atom. The lowest BCUT2D eigenvalue weighted by molar-refractivity contribution is -0.138. The van der Waals surface area contributed by atoms with Gasteiger partial charge in [0, 0.05) is 13.0 Å². The monoisotopic (exact) mass is 277 g/mol. The van der Waals surface area contributed by atoms with Gasteiger partial charge in [0.05, 0.1) is 5.56 Å². The smallest absolute Gasteiger partial charge is 0.345 e. The van der Waals surface area contributed by atoms with E-state index in [0.29, 0.717) is 18.5 Å². The number of rotatable bonds is 7. The number of esters is 2. The first kappa shape index (κ1) is 15.7. The molecule has 1 aromatic rings. The van der Waals surface area contributed by atoms with E-state index in [1.165, 1.54) is 0 Å². The van der Waals surface area contributed by atoms with E-state index in [9.17, 15) is 9.59 Å². The number of ether oxygens (including phenoxy) is 1. The molecule has 0 fully saturated rings. The molecular weight excluding hydrogens is 258 g/mol. The molecule has 0 aliphatic heterocycles. The van der Waals surface area contributed by atoms with Crippen molar-refractivity contribution in [3.63, 3.8) is 0 Å². The van der Waals surface area contributed by atoms with Crippen molar-refractivity contribution >= 4 is 17.9 Å². The summed E-state index contributed by atoms with van der Waals surface area (Å²) in [5.74, 6) is -1.06. The molecule has 108 valence electrons. The maximum Gasteiger partial charge on any atom is 0.345 e. The van der Waals surface area contributed by atoms with E-state index in [2.05, 4.69) is 4.99 Å². The molecule has 0 radical (unpaired) electrons. The maximum absolute atomic E-state index is 11.6. The van der Waals surface area contributed by atoms with Gasteiger partial charge < -0.3 is 16.2 Å². The quantitative estimate of drug-likeness (QED) is 0.256. The summed E-state index contributed by atoms with van der Waals surface area (Å²) in [7, 11) is 0. The average molecular weight is 277 g/mol. The van der Waals surface area contributed by atoms with E-state index in [1.54, 1.807) is 30.3 Å². The van der Waals surface area contributed by atoms with Crippen LogP contribution in [-0.2, 0) is 9.53 Å². The van der Waals surface area contributed by atoms with E-state index >= 15 is 0 Å².